The Kier molecular flexibility index (Phi) is 2.60. The van der Waals surface area contributed by atoms with Crippen LogP contribution in [0.15, 0.2) is 24.3 Å². The third-order valence-electron chi connectivity index (χ3n) is 2.46. The summed E-state index contributed by atoms with van der Waals surface area (Å²) in [5.74, 6) is -0.150. The van der Waals surface area contributed by atoms with Gasteiger partial charge in [-0.05, 0) is 6.07 Å². The lowest BCUT2D eigenvalue weighted by Gasteiger charge is -2.14. The smallest absolute Gasteiger partial charge is 0.319 e. The minimum atomic E-state index is -0.588. The van der Waals surface area contributed by atoms with Gasteiger partial charge in [0, 0.05) is 12.7 Å². The van der Waals surface area contributed by atoms with E-state index in [9.17, 15) is 4.79 Å². The maximum atomic E-state index is 11.6. The summed E-state index contributed by atoms with van der Waals surface area (Å²) in [6.45, 7) is 0. The molecule has 0 saturated heterocycles. The first-order valence-electron chi connectivity index (χ1n) is 4.64. The van der Waals surface area contributed by atoms with Gasteiger partial charge in [0.25, 0.3) is 0 Å². The van der Waals surface area contributed by atoms with Crippen molar-refractivity contribution in [3.05, 3.63) is 29.8 Å². The molecule has 0 fully saturated rings. The molecular weight excluding hydrogens is 196 g/mol. The van der Waals surface area contributed by atoms with Crippen molar-refractivity contribution in [2.45, 2.75) is 12.2 Å². The fourth-order valence-corrected chi connectivity index (χ4v) is 1.73. The number of esters is 1. The van der Waals surface area contributed by atoms with E-state index in [4.69, 9.17) is 14.2 Å². The highest BCUT2D eigenvalue weighted by atomic mass is 16.7. The zero-order valence-corrected chi connectivity index (χ0v) is 8.60. The molecule has 4 nitrogen and oxygen atoms in total. The molecule has 4 heteroatoms. The van der Waals surface area contributed by atoms with Gasteiger partial charge in [-0.15, -0.1) is 0 Å². The van der Waals surface area contributed by atoms with Gasteiger partial charge in [0.2, 0.25) is 6.29 Å². The van der Waals surface area contributed by atoms with E-state index in [0.29, 0.717) is 5.75 Å². The molecule has 0 radical (unpaired) electrons. The number of hydrogen-bond donors (Lipinski definition) is 0. The Bertz CT molecular complexity index is 375. The number of hydrogen-bond acceptors (Lipinski definition) is 4. The third-order valence-corrected chi connectivity index (χ3v) is 2.46. The van der Waals surface area contributed by atoms with E-state index in [1.165, 1.54) is 14.2 Å². The van der Waals surface area contributed by atoms with E-state index in [0.717, 1.165) is 5.56 Å². The number of ether oxygens (including phenoxy) is 3. The molecule has 0 aromatic heterocycles. The van der Waals surface area contributed by atoms with Gasteiger partial charge in [0.1, 0.15) is 11.7 Å². The summed E-state index contributed by atoms with van der Waals surface area (Å²) in [7, 11) is 2.86. The standard InChI is InChI=1S/C11H12O4/c1-13-10(12)9-7-5-3-4-6-8(7)15-11(9)14-2/h3-6,9,11H,1-2H3. The average molecular weight is 208 g/mol. The Hall–Kier alpha value is -1.55. The number of benzene rings is 1. The largest absolute Gasteiger partial charge is 0.468 e. The van der Waals surface area contributed by atoms with Crippen LogP contribution in [0, 0.1) is 0 Å². The van der Waals surface area contributed by atoms with Crippen molar-refractivity contribution < 1.29 is 19.0 Å². The normalized spacial score (nSPS) is 23.1. The maximum absolute atomic E-state index is 11.6. The van der Waals surface area contributed by atoms with Gasteiger partial charge in [-0.3, -0.25) is 4.79 Å². The van der Waals surface area contributed by atoms with Crippen molar-refractivity contribution in [3.63, 3.8) is 0 Å². The molecule has 1 aromatic rings. The highest BCUT2D eigenvalue weighted by Gasteiger charge is 2.40. The first-order valence-corrected chi connectivity index (χ1v) is 4.64. The molecule has 80 valence electrons. The summed E-state index contributed by atoms with van der Waals surface area (Å²) in [4.78, 5) is 11.6. The molecule has 0 aliphatic carbocycles. The molecule has 15 heavy (non-hydrogen) atoms. The first-order chi connectivity index (χ1) is 7.27. The van der Waals surface area contributed by atoms with Gasteiger partial charge in [-0.1, -0.05) is 18.2 Å². The summed E-state index contributed by atoms with van der Waals surface area (Å²) < 4.78 is 15.3. The zero-order valence-electron chi connectivity index (χ0n) is 8.60. The number of carbonyl (C=O) groups is 1. The van der Waals surface area contributed by atoms with Crippen molar-refractivity contribution in [1.82, 2.24) is 0 Å². The quantitative estimate of drug-likeness (QED) is 0.687. The summed E-state index contributed by atoms with van der Waals surface area (Å²) in [6, 6.07) is 7.36. The fourth-order valence-electron chi connectivity index (χ4n) is 1.73. The van der Waals surface area contributed by atoms with Crippen LogP contribution in [0.25, 0.3) is 0 Å². The molecule has 2 rings (SSSR count). The van der Waals surface area contributed by atoms with E-state index in [1.54, 1.807) is 0 Å². The SMILES string of the molecule is COC(=O)C1c2ccccc2OC1OC. The van der Waals surface area contributed by atoms with Crippen LogP contribution in [0.1, 0.15) is 11.5 Å². The lowest BCUT2D eigenvalue weighted by molar-refractivity contribution is -0.151. The molecule has 0 saturated carbocycles. The molecule has 2 unspecified atom stereocenters. The molecule has 2 atom stereocenters. The van der Waals surface area contributed by atoms with E-state index < -0.39 is 12.2 Å². The van der Waals surface area contributed by atoms with E-state index in [-0.39, 0.29) is 5.97 Å². The van der Waals surface area contributed by atoms with Gasteiger partial charge in [0.05, 0.1) is 7.11 Å². The number of carbonyl (C=O) groups excluding carboxylic acids is 1. The summed E-state index contributed by atoms with van der Waals surface area (Å²) in [5, 5.41) is 0. The molecule has 1 aromatic carbocycles. The molecule has 0 amide bonds. The average Bonchev–Trinajstić information content (AvgIpc) is 2.66. The fraction of sp³-hybridized carbons (Fsp3) is 0.364. The van der Waals surface area contributed by atoms with Crippen LogP contribution >= 0.6 is 0 Å². The lowest BCUT2D eigenvalue weighted by Crippen LogP contribution is -2.27. The van der Waals surface area contributed by atoms with Crippen LogP contribution in [0.5, 0.6) is 5.75 Å². The lowest BCUT2D eigenvalue weighted by atomic mass is 10.0. The second-order valence-electron chi connectivity index (χ2n) is 3.26. The van der Waals surface area contributed by atoms with Crippen LogP contribution < -0.4 is 4.74 Å². The number of rotatable bonds is 2. The molecule has 0 spiro atoms. The topological polar surface area (TPSA) is 44.8 Å². The second-order valence-corrected chi connectivity index (χ2v) is 3.26. The van der Waals surface area contributed by atoms with Crippen LogP contribution in [-0.2, 0) is 14.3 Å². The molecule has 1 aliphatic heterocycles. The van der Waals surface area contributed by atoms with Gasteiger partial charge >= 0.3 is 5.97 Å². The number of para-hydroxylation sites is 1. The first kappa shape index (κ1) is 9.98. The Morgan fingerprint density at radius 3 is 2.73 bits per heavy atom. The van der Waals surface area contributed by atoms with Gasteiger partial charge < -0.3 is 14.2 Å². The number of methoxy groups -OCH3 is 2. The molecule has 0 bridgehead atoms. The van der Waals surface area contributed by atoms with Crippen molar-refractivity contribution in [2.75, 3.05) is 14.2 Å². The van der Waals surface area contributed by atoms with Crippen molar-refractivity contribution >= 4 is 5.97 Å². The Labute approximate surface area is 87.8 Å². The minimum absolute atomic E-state index is 0.341. The Morgan fingerprint density at radius 1 is 1.33 bits per heavy atom. The molecule has 0 N–H and O–H groups in total. The molecular formula is C11H12O4. The van der Waals surface area contributed by atoms with E-state index in [1.807, 2.05) is 24.3 Å². The third kappa shape index (κ3) is 1.57. The monoisotopic (exact) mass is 208 g/mol. The molecule has 1 aliphatic rings. The second kappa shape index (κ2) is 3.90. The minimum Gasteiger partial charge on any atom is -0.468 e. The van der Waals surface area contributed by atoms with E-state index >= 15 is 0 Å². The van der Waals surface area contributed by atoms with Crippen molar-refractivity contribution in [2.24, 2.45) is 0 Å². The summed E-state index contributed by atoms with van der Waals surface area (Å²) >= 11 is 0. The van der Waals surface area contributed by atoms with E-state index in [2.05, 4.69) is 0 Å². The highest BCUT2D eigenvalue weighted by Crippen LogP contribution is 2.38. The van der Waals surface area contributed by atoms with Crippen LogP contribution in [0.3, 0.4) is 0 Å². The Balaban J connectivity index is 2.38. The summed E-state index contributed by atoms with van der Waals surface area (Å²) in [5.41, 5.74) is 0.816. The predicted molar refractivity (Wildman–Crippen MR) is 52.6 cm³/mol. The maximum Gasteiger partial charge on any atom is 0.319 e. The van der Waals surface area contributed by atoms with Crippen molar-refractivity contribution in [3.8, 4) is 5.75 Å². The number of fused-ring (bicyclic) bond motifs is 1. The zero-order chi connectivity index (χ0) is 10.8. The van der Waals surface area contributed by atoms with Crippen LogP contribution in [0.4, 0.5) is 0 Å². The van der Waals surface area contributed by atoms with Crippen LogP contribution in [-0.4, -0.2) is 26.5 Å². The highest BCUT2D eigenvalue weighted by molar-refractivity contribution is 5.80. The van der Waals surface area contributed by atoms with Crippen LogP contribution in [0.2, 0.25) is 0 Å². The predicted octanol–water partition coefficient (Wildman–Crippen LogP) is 1.31. The van der Waals surface area contributed by atoms with Gasteiger partial charge in [-0.25, -0.2) is 0 Å². The summed E-state index contributed by atoms with van der Waals surface area (Å²) in [6.07, 6.45) is -0.588. The molecule has 1 heterocycles. The Morgan fingerprint density at radius 2 is 2.07 bits per heavy atom. The van der Waals surface area contributed by atoms with Gasteiger partial charge in [-0.2, -0.15) is 0 Å². The van der Waals surface area contributed by atoms with Gasteiger partial charge in [0.15, 0.2) is 0 Å². The van der Waals surface area contributed by atoms with Crippen molar-refractivity contribution in [1.29, 1.82) is 0 Å².